The van der Waals surface area contributed by atoms with Gasteiger partial charge in [-0.1, -0.05) is 6.42 Å². The van der Waals surface area contributed by atoms with Crippen LogP contribution in [0.25, 0.3) is 0 Å². The van der Waals surface area contributed by atoms with Crippen molar-refractivity contribution in [1.82, 2.24) is 0 Å². The Balaban J connectivity index is 1.92. The van der Waals surface area contributed by atoms with Gasteiger partial charge in [-0.15, -0.1) is 0 Å². The molecule has 3 rings (SSSR count). The summed E-state index contributed by atoms with van der Waals surface area (Å²) in [6.07, 6.45) is 7.08. The van der Waals surface area contributed by atoms with Crippen LogP contribution in [0.4, 0.5) is 0 Å². The minimum Gasteiger partial charge on any atom is -0.497 e. The molecule has 3 heteroatoms. The smallest absolute Gasteiger partial charge is 0.125 e. The monoisotopic (exact) mass is 247 g/mol. The van der Waals surface area contributed by atoms with Gasteiger partial charge in [0, 0.05) is 18.0 Å². The lowest BCUT2D eigenvalue weighted by atomic mass is 9.77. The highest BCUT2D eigenvalue weighted by atomic mass is 16.5. The van der Waals surface area contributed by atoms with E-state index in [4.69, 9.17) is 15.2 Å². The lowest BCUT2D eigenvalue weighted by molar-refractivity contribution is 0.00184. The maximum atomic E-state index is 6.34. The first-order valence-corrected chi connectivity index (χ1v) is 6.85. The Morgan fingerprint density at radius 3 is 2.78 bits per heavy atom. The Hall–Kier alpha value is -1.22. The molecule has 1 aliphatic heterocycles. The lowest BCUT2D eigenvalue weighted by Gasteiger charge is -2.43. The summed E-state index contributed by atoms with van der Waals surface area (Å²) in [6.45, 7) is 0. The van der Waals surface area contributed by atoms with E-state index in [1.54, 1.807) is 7.11 Å². The van der Waals surface area contributed by atoms with Crippen LogP contribution in [-0.4, -0.2) is 12.7 Å². The molecule has 0 amide bonds. The normalized spacial score (nSPS) is 25.3. The molecule has 0 saturated heterocycles. The highest BCUT2D eigenvalue weighted by molar-refractivity contribution is 5.44. The molecule has 1 aliphatic carbocycles. The summed E-state index contributed by atoms with van der Waals surface area (Å²) in [7, 11) is 1.68. The first kappa shape index (κ1) is 11.8. The van der Waals surface area contributed by atoms with Crippen LogP contribution >= 0.6 is 0 Å². The van der Waals surface area contributed by atoms with Crippen LogP contribution in [0.3, 0.4) is 0 Å². The van der Waals surface area contributed by atoms with Gasteiger partial charge in [-0.25, -0.2) is 0 Å². The summed E-state index contributed by atoms with van der Waals surface area (Å²) in [6, 6.07) is 6.04. The molecule has 1 fully saturated rings. The average Bonchev–Trinajstić information content (AvgIpc) is 2.39. The second-order valence-electron chi connectivity index (χ2n) is 5.56. The van der Waals surface area contributed by atoms with Gasteiger partial charge in [-0.05, 0) is 43.9 Å². The van der Waals surface area contributed by atoms with Crippen molar-refractivity contribution in [3.63, 3.8) is 0 Å². The zero-order valence-electron chi connectivity index (χ0n) is 10.9. The fourth-order valence-electron chi connectivity index (χ4n) is 3.32. The number of fused-ring (bicyclic) bond motifs is 1. The molecule has 2 aliphatic rings. The predicted octanol–water partition coefficient (Wildman–Crippen LogP) is 3.18. The summed E-state index contributed by atoms with van der Waals surface area (Å²) >= 11 is 0. The molecule has 1 saturated carbocycles. The molecule has 1 atom stereocenters. The van der Waals surface area contributed by atoms with E-state index < -0.39 is 0 Å². The van der Waals surface area contributed by atoms with Crippen molar-refractivity contribution in [2.75, 3.05) is 7.11 Å². The molecule has 98 valence electrons. The maximum absolute atomic E-state index is 6.34. The van der Waals surface area contributed by atoms with Gasteiger partial charge in [-0.3, -0.25) is 0 Å². The number of nitrogens with two attached hydrogens (primary N) is 1. The molecular weight excluding hydrogens is 226 g/mol. The van der Waals surface area contributed by atoms with Crippen LogP contribution in [0.2, 0.25) is 0 Å². The third kappa shape index (κ3) is 1.97. The number of ether oxygens (including phenoxy) is 2. The second kappa shape index (κ2) is 4.47. The zero-order chi connectivity index (χ0) is 12.6. The van der Waals surface area contributed by atoms with Crippen LogP contribution in [0.15, 0.2) is 18.2 Å². The molecule has 3 nitrogen and oxygen atoms in total. The number of benzene rings is 1. The fourth-order valence-corrected chi connectivity index (χ4v) is 3.32. The van der Waals surface area contributed by atoms with Crippen molar-refractivity contribution in [1.29, 1.82) is 0 Å². The fraction of sp³-hybridized carbons (Fsp3) is 0.600. The van der Waals surface area contributed by atoms with Crippen molar-refractivity contribution >= 4 is 0 Å². The summed E-state index contributed by atoms with van der Waals surface area (Å²) in [4.78, 5) is 0. The third-order valence-electron chi connectivity index (χ3n) is 4.30. The van der Waals surface area contributed by atoms with Gasteiger partial charge in [0.05, 0.1) is 7.11 Å². The highest BCUT2D eigenvalue weighted by Crippen LogP contribution is 2.46. The molecule has 2 N–H and O–H groups in total. The standard InChI is InChI=1S/C15H21NO2/c1-17-11-5-6-14-12(9-11)13(16)10-15(18-14)7-3-2-4-8-15/h5-6,9,13H,2-4,7-8,10,16H2,1H3. The van der Waals surface area contributed by atoms with Gasteiger partial charge >= 0.3 is 0 Å². The molecule has 1 aromatic carbocycles. The topological polar surface area (TPSA) is 44.5 Å². The van der Waals surface area contributed by atoms with Crippen LogP contribution in [0.1, 0.15) is 50.1 Å². The molecule has 0 radical (unpaired) electrons. The number of rotatable bonds is 1. The van der Waals surface area contributed by atoms with E-state index in [9.17, 15) is 0 Å². The van der Waals surface area contributed by atoms with E-state index in [2.05, 4.69) is 0 Å². The number of hydrogen-bond donors (Lipinski definition) is 1. The Bertz CT molecular complexity index is 438. The Morgan fingerprint density at radius 2 is 2.06 bits per heavy atom. The van der Waals surface area contributed by atoms with Gasteiger partial charge in [0.15, 0.2) is 0 Å². The zero-order valence-corrected chi connectivity index (χ0v) is 10.9. The molecule has 18 heavy (non-hydrogen) atoms. The lowest BCUT2D eigenvalue weighted by Crippen LogP contribution is -2.44. The molecule has 1 spiro atoms. The molecule has 0 bridgehead atoms. The largest absolute Gasteiger partial charge is 0.497 e. The quantitative estimate of drug-likeness (QED) is 0.829. The van der Waals surface area contributed by atoms with Crippen molar-refractivity contribution in [3.05, 3.63) is 23.8 Å². The average molecular weight is 247 g/mol. The first-order valence-electron chi connectivity index (χ1n) is 6.85. The van der Waals surface area contributed by atoms with Crippen LogP contribution in [0.5, 0.6) is 11.5 Å². The van der Waals surface area contributed by atoms with Crippen molar-refractivity contribution in [2.24, 2.45) is 5.73 Å². The molecule has 1 unspecified atom stereocenters. The van der Waals surface area contributed by atoms with E-state index >= 15 is 0 Å². The molecule has 1 heterocycles. The third-order valence-corrected chi connectivity index (χ3v) is 4.30. The minimum absolute atomic E-state index is 0.000739. The van der Waals surface area contributed by atoms with Gasteiger partial charge in [0.1, 0.15) is 17.1 Å². The molecular formula is C15H21NO2. The predicted molar refractivity (Wildman–Crippen MR) is 71.0 cm³/mol. The van der Waals surface area contributed by atoms with Gasteiger partial charge in [0.25, 0.3) is 0 Å². The maximum Gasteiger partial charge on any atom is 0.125 e. The molecule has 1 aromatic rings. The van der Waals surface area contributed by atoms with Gasteiger partial charge in [0.2, 0.25) is 0 Å². The second-order valence-corrected chi connectivity index (χ2v) is 5.56. The van der Waals surface area contributed by atoms with E-state index in [0.717, 1.165) is 36.3 Å². The van der Waals surface area contributed by atoms with Crippen LogP contribution in [-0.2, 0) is 0 Å². The first-order chi connectivity index (χ1) is 8.72. The number of hydrogen-bond acceptors (Lipinski definition) is 3. The van der Waals surface area contributed by atoms with E-state index in [1.165, 1.54) is 19.3 Å². The van der Waals surface area contributed by atoms with Gasteiger partial charge < -0.3 is 15.2 Å². The number of methoxy groups -OCH3 is 1. The van der Waals surface area contributed by atoms with E-state index in [0.29, 0.717) is 0 Å². The van der Waals surface area contributed by atoms with Crippen molar-refractivity contribution in [2.45, 2.75) is 50.2 Å². The van der Waals surface area contributed by atoms with Crippen LogP contribution in [0, 0.1) is 0 Å². The highest BCUT2D eigenvalue weighted by Gasteiger charge is 2.40. The van der Waals surface area contributed by atoms with Crippen molar-refractivity contribution < 1.29 is 9.47 Å². The Labute approximate surface area is 108 Å². The minimum atomic E-state index is -0.000739. The van der Waals surface area contributed by atoms with Gasteiger partial charge in [-0.2, -0.15) is 0 Å². The summed E-state index contributed by atoms with van der Waals surface area (Å²) < 4.78 is 11.5. The van der Waals surface area contributed by atoms with E-state index in [1.807, 2.05) is 18.2 Å². The summed E-state index contributed by atoms with van der Waals surface area (Å²) in [5.41, 5.74) is 7.43. The molecule has 0 aromatic heterocycles. The SMILES string of the molecule is COc1ccc2c(c1)C(N)CC1(CCCCC1)O2. The van der Waals surface area contributed by atoms with E-state index in [-0.39, 0.29) is 11.6 Å². The van der Waals surface area contributed by atoms with Crippen molar-refractivity contribution in [3.8, 4) is 11.5 Å². The Morgan fingerprint density at radius 1 is 1.28 bits per heavy atom. The summed E-state index contributed by atoms with van der Waals surface area (Å²) in [5.74, 6) is 1.81. The summed E-state index contributed by atoms with van der Waals surface area (Å²) in [5, 5.41) is 0. The van der Waals surface area contributed by atoms with Crippen LogP contribution < -0.4 is 15.2 Å². The Kier molecular flexibility index (Phi) is 2.94.